The maximum atomic E-state index is 10.7. The van der Waals surface area contributed by atoms with Crippen molar-refractivity contribution < 1.29 is 30.6 Å². The van der Waals surface area contributed by atoms with Crippen LogP contribution in [-0.4, -0.2) is 52.9 Å². The second-order valence-electron chi connectivity index (χ2n) is 2.41. The second-order valence-corrected chi connectivity index (χ2v) is 2.41. The first-order valence-corrected chi connectivity index (χ1v) is 3.41. The van der Waals surface area contributed by atoms with Gasteiger partial charge in [0.05, 0.1) is 12.7 Å². The third-order valence-corrected chi connectivity index (χ3v) is 1.45. The van der Waals surface area contributed by atoms with Crippen molar-refractivity contribution in [2.45, 2.75) is 24.4 Å². The highest BCUT2D eigenvalue weighted by Gasteiger charge is 2.17. The first-order chi connectivity index (χ1) is 5.54. The topological polar surface area (TPSA) is 130 Å². The predicted octanol–water partition coefficient (Wildman–Crippen LogP) is -5.48. The van der Waals surface area contributed by atoms with E-state index in [2.05, 4.69) is 0 Å². The molecule has 4 unspecified atom stereocenters. The van der Waals surface area contributed by atoms with Crippen molar-refractivity contribution >= 4 is 0 Å². The lowest BCUT2D eigenvalue weighted by Crippen LogP contribution is -2.60. The normalized spacial score (nSPS) is 21.5. The summed E-state index contributed by atoms with van der Waals surface area (Å²) in [5, 5.41) is 56.9. The van der Waals surface area contributed by atoms with Crippen LogP contribution in [-0.2, 0) is 0 Å². The fourth-order valence-electron chi connectivity index (χ4n) is 0.642. The average Bonchev–Trinajstić information content (AvgIpc) is 2.12. The first kappa shape index (κ1) is 11.8. The lowest BCUT2D eigenvalue weighted by atomic mass is 10.0. The molecule has 0 rings (SSSR count). The summed E-state index contributed by atoms with van der Waals surface area (Å²) in [5.41, 5.74) is 0. The Morgan fingerprint density at radius 1 is 1.17 bits per heavy atom. The lowest BCUT2D eigenvalue weighted by Gasteiger charge is -2.43. The van der Waals surface area contributed by atoms with Crippen LogP contribution >= 0.6 is 0 Å². The molecule has 0 saturated carbocycles. The largest absolute Gasteiger partial charge is 0.855 e. The van der Waals surface area contributed by atoms with Crippen LogP contribution in [0.2, 0.25) is 0 Å². The van der Waals surface area contributed by atoms with Crippen molar-refractivity contribution in [1.29, 1.82) is 0 Å². The standard InChI is InChI=1S/C6H11O6/c7-1-3(9)5(11)6(12)4(10)2-8/h3-7,9,11H,1-2H2/q-3. The maximum Gasteiger partial charge on any atom is 0.102 e. The van der Waals surface area contributed by atoms with E-state index in [9.17, 15) is 15.3 Å². The summed E-state index contributed by atoms with van der Waals surface area (Å²) in [4.78, 5) is 0. The molecule has 12 heavy (non-hydrogen) atoms. The van der Waals surface area contributed by atoms with E-state index in [1.54, 1.807) is 0 Å². The Hall–Kier alpha value is -0.240. The Morgan fingerprint density at radius 2 is 1.67 bits per heavy atom. The van der Waals surface area contributed by atoms with E-state index in [-0.39, 0.29) is 0 Å². The van der Waals surface area contributed by atoms with Crippen LogP contribution in [0.1, 0.15) is 0 Å². The number of hydrogen-bond acceptors (Lipinski definition) is 6. The zero-order chi connectivity index (χ0) is 9.72. The molecule has 0 aromatic heterocycles. The van der Waals surface area contributed by atoms with Crippen molar-refractivity contribution in [2.75, 3.05) is 13.2 Å². The molecule has 0 heterocycles. The van der Waals surface area contributed by atoms with Gasteiger partial charge in [0, 0.05) is 0 Å². The van der Waals surface area contributed by atoms with Gasteiger partial charge >= 0.3 is 0 Å². The van der Waals surface area contributed by atoms with E-state index in [1.165, 1.54) is 0 Å². The van der Waals surface area contributed by atoms with Crippen LogP contribution in [0, 0.1) is 0 Å². The molecule has 0 aliphatic carbocycles. The molecule has 6 nitrogen and oxygen atoms in total. The molecule has 0 saturated heterocycles. The summed E-state index contributed by atoms with van der Waals surface area (Å²) < 4.78 is 0. The summed E-state index contributed by atoms with van der Waals surface area (Å²) in [6.45, 7) is -1.96. The monoisotopic (exact) mass is 179 g/mol. The van der Waals surface area contributed by atoms with Crippen molar-refractivity contribution in [3.05, 3.63) is 0 Å². The van der Waals surface area contributed by atoms with Gasteiger partial charge in [0.25, 0.3) is 0 Å². The molecule has 0 aromatic rings. The summed E-state index contributed by atoms with van der Waals surface area (Å²) in [6, 6.07) is 0. The SMILES string of the molecule is [O-]CC([O-])C([O-])C(O)C(O)CO. The number of aliphatic hydroxyl groups excluding tert-OH is 3. The Morgan fingerprint density at radius 3 is 2.00 bits per heavy atom. The number of hydrogen-bond donors (Lipinski definition) is 3. The molecule has 4 atom stereocenters. The molecule has 0 fully saturated rings. The Bertz CT molecular complexity index is 105. The summed E-state index contributed by atoms with van der Waals surface area (Å²) in [6.07, 6.45) is -7.63. The zero-order valence-electron chi connectivity index (χ0n) is 6.29. The van der Waals surface area contributed by atoms with E-state index in [1.807, 2.05) is 0 Å². The van der Waals surface area contributed by atoms with Crippen LogP contribution in [0.4, 0.5) is 0 Å². The molecule has 6 heteroatoms. The molecular weight excluding hydrogens is 168 g/mol. The minimum atomic E-state index is -2.09. The van der Waals surface area contributed by atoms with Gasteiger partial charge < -0.3 is 30.6 Å². The molecular formula is C6H11O6-3. The van der Waals surface area contributed by atoms with Gasteiger partial charge in [-0.15, -0.1) is 6.10 Å². The van der Waals surface area contributed by atoms with Gasteiger partial charge in [0.2, 0.25) is 0 Å². The van der Waals surface area contributed by atoms with Crippen molar-refractivity contribution in [3.8, 4) is 0 Å². The highest BCUT2D eigenvalue weighted by molar-refractivity contribution is 4.77. The molecule has 0 aliphatic rings. The smallest absolute Gasteiger partial charge is 0.102 e. The van der Waals surface area contributed by atoms with Crippen LogP contribution in [0.15, 0.2) is 0 Å². The van der Waals surface area contributed by atoms with Crippen molar-refractivity contribution in [3.63, 3.8) is 0 Å². The third kappa shape index (κ3) is 3.02. The number of aliphatic hydroxyl groups is 3. The van der Waals surface area contributed by atoms with Crippen LogP contribution in [0.5, 0.6) is 0 Å². The molecule has 0 radical (unpaired) electrons. The average molecular weight is 179 g/mol. The third-order valence-electron chi connectivity index (χ3n) is 1.45. The summed E-state index contributed by atoms with van der Waals surface area (Å²) in [7, 11) is 0. The highest BCUT2D eigenvalue weighted by Crippen LogP contribution is 1.99. The molecule has 74 valence electrons. The van der Waals surface area contributed by atoms with Crippen LogP contribution in [0.3, 0.4) is 0 Å². The molecule has 0 bridgehead atoms. The first-order valence-electron chi connectivity index (χ1n) is 3.41. The maximum absolute atomic E-state index is 10.7. The summed E-state index contributed by atoms with van der Waals surface area (Å²) in [5.74, 6) is 0. The van der Waals surface area contributed by atoms with Crippen LogP contribution in [0.25, 0.3) is 0 Å². The van der Waals surface area contributed by atoms with Gasteiger partial charge in [0.15, 0.2) is 0 Å². The molecule has 0 aliphatic heterocycles. The highest BCUT2D eigenvalue weighted by atomic mass is 16.4. The lowest BCUT2D eigenvalue weighted by molar-refractivity contribution is -0.572. The summed E-state index contributed by atoms with van der Waals surface area (Å²) >= 11 is 0. The van der Waals surface area contributed by atoms with Gasteiger partial charge in [-0.25, -0.2) is 0 Å². The fourth-order valence-corrected chi connectivity index (χ4v) is 0.642. The van der Waals surface area contributed by atoms with Gasteiger partial charge in [-0.05, 0) is 0 Å². The number of rotatable bonds is 5. The Balaban J connectivity index is 3.99. The van der Waals surface area contributed by atoms with Gasteiger partial charge in [-0.2, -0.15) is 12.7 Å². The molecule has 3 N–H and O–H groups in total. The Labute approximate surface area is 69.3 Å². The Kier molecular flexibility index (Phi) is 5.31. The molecule has 0 amide bonds. The van der Waals surface area contributed by atoms with Crippen LogP contribution < -0.4 is 15.3 Å². The van der Waals surface area contributed by atoms with E-state index in [0.717, 1.165) is 0 Å². The molecule has 0 spiro atoms. The van der Waals surface area contributed by atoms with Gasteiger partial charge in [-0.1, -0.05) is 0 Å². The fraction of sp³-hybridized carbons (Fsp3) is 1.00. The quantitative estimate of drug-likeness (QED) is 0.386. The predicted molar refractivity (Wildman–Crippen MR) is 31.5 cm³/mol. The minimum absolute atomic E-state index is 0.814. The molecule has 0 aromatic carbocycles. The van der Waals surface area contributed by atoms with E-state index in [0.29, 0.717) is 0 Å². The van der Waals surface area contributed by atoms with Gasteiger partial charge in [0.1, 0.15) is 6.10 Å². The minimum Gasteiger partial charge on any atom is -0.855 e. The second kappa shape index (κ2) is 5.41. The van der Waals surface area contributed by atoms with Crippen molar-refractivity contribution in [1.82, 2.24) is 0 Å². The van der Waals surface area contributed by atoms with E-state index in [4.69, 9.17) is 15.3 Å². The van der Waals surface area contributed by atoms with E-state index < -0.39 is 37.6 Å². The van der Waals surface area contributed by atoms with E-state index >= 15 is 0 Å². The van der Waals surface area contributed by atoms with Crippen molar-refractivity contribution in [2.24, 2.45) is 0 Å². The zero-order valence-corrected chi connectivity index (χ0v) is 6.29. The van der Waals surface area contributed by atoms with Gasteiger partial charge in [-0.3, -0.25) is 0 Å².